The number of fused-ring (bicyclic) bond motifs is 5. The molecule has 0 amide bonds. The average Bonchev–Trinajstić information content (AvgIpc) is 3.00. The molecule has 27 heavy (non-hydrogen) atoms. The molecule has 0 aromatic heterocycles. The Hall–Kier alpha value is -0.670. The van der Waals surface area contributed by atoms with Gasteiger partial charge in [0.05, 0.1) is 6.10 Å². The van der Waals surface area contributed by atoms with Crippen LogP contribution in [0.5, 0.6) is 0 Å². The van der Waals surface area contributed by atoms with Gasteiger partial charge in [0, 0.05) is 13.0 Å². The first kappa shape index (κ1) is 18.4. The minimum atomic E-state index is 0.0394. The summed E-state index contributed by atoms with van der Waals surface area (Å²) >= 11 is 0. The quantitative estimate of drug-likeness (QED) is 0.661. The van der Waals surface area contributed by atoms with Crippen molar-refractivity contribution in [1.29, 1.82) is 0 Å². The van der Waals surface area contributed by atoms with Crippen LogP contribution in [0.15, 0.2) is 12.2 Å². The van der Waals surface area contributed by atoms with Crippen molar-refractivity contribution in [1.82, 2.24) is 0 Å². The van der Waals surface area contributed by atoms with E-state index < -0.39 is 0 Å². The maximum Gasteiger partial charge on any atom is 0.157 e. The van der Waals surface area contributed by atoms with E-state index in [9.17, 15) is 4.79 Å². The molecule has 1 aliphatic heterocycles. The second-order valence-corrected chi connectivity index (χ2v) is 10.6. The maximum absolute atomic E-state index is 12.0. The maximum atomic E-state index is 12.0. The van der Waals surface area contributed by atoms with Gasteiger partial charge in [-0.1, -0.05) is 19.9 Å². The number of carbonyl (C=O) groups excluding carboxylic acids is 1. The zero-order valence-corrected chi connectivity index (χ0v) is 17.1. The van der Waals surface area contributed by atoms with Crippen LogP contribution in [0.3, 0.4) is 0 Å². The fourth-order valence-electron chi connectivity index (χ4n) is 7.81. The number of rotatable bonds is 2. The summed E-state index contributed by atoms with van der Waals surface area (Å²) < 4.78 is 12.5. The van der Waals surface area contributed by atoms with Crippen LogP contribution < -0.4 is 0 Å². The van der Waals surface area contributed by atoms with Gasteiger partial charge in [-0.15, -0.1) is 0 Å². The fourth-order valence-corrected chi connectivity index (χ4v) is 7.81. The Kier molecular flexibility index (Phi) is 4.55. The number of hydrogen-bond acceptors (Lipinski definition) is 3. The molecule has 4 fully saturated rings. The molecule has 8 atom stereocenters. The molecular formula is C24H36O3. The molecule has 3 saturated carbocycles. The molecule has 0 radical (unpaired) electrons. The summed E-state index contributed by atoms with van der Waals surface area (Å²) in [6, 6.07) is 0. The van der Waals surface area contributed by atoms with Gasteiger partial charge < -0.3 is 9.47 Å². The normalized spacial score (nSPS) is 52.1. The second-order valence-electron chi connectivity index (χ2n) is 10.6. The van der Waals surface area contributed by atoms with Gasteiger partial charge in [0.1, 0.15) is 0 Å². The first-order chi connectivity index (χ1) is 13.0. The predicted molar refractivity (Wildman–Crippen MR) is 105 cm³/mol. The number of carbonyl (C=O) groups is 1. The minimum absolute atomic E-state index is 0.0394. The number of ether oxygens (including phenoxy) is 2. The first-order valence-corrected chi connectivity index (χ1v) is 11.5. The van der Waals surface area contributed by atoms with Gasteiger partial charge in [-0.05, 0) is 98.4 Å². The van der Waals surface area contributed by atoms with E-state index in [2.05, 4.69) is 19.9 Å². The summed E-state index contributed by atoms with van der Waals surface area (Å²) in [5.74, 6) is 3.27. The monoisotopic (exact) mass is 372 g/mol. The van der Waals surface area contributed by atoms with Gasteiger partial charge in [-0.3, -0.25) is 4.79 Å². The first-order valence-electron chi connectivity index (χ1n) is 11.5. The molecule has 3 nitrogen and oxygen atoms in total. The second kappa shape index (κ2) is 6.69. The average molecular weight is 373 g/mol. The SMILES string of the molecule is C[C@@]12C=CC(=O)C[C@H]1CC[C@H]1[C@H]2CC[C@]2(C)[C@@H]1CC[C@H]2OC1CCCCO1. The molecule has 0 aromatic rings. The molecule has 5 aliphatic rings. The Balaban J connectivity index is 1.35. The summed E-state index contributed by atoms with van der Waals surface area (Å²) in [7, 11) is 0. The number of hydrogen-bond donors (Lipinski definition) is 0. The molecule has 0 N–H and O–H groups in total. The molecule has 0 aromatic carbocycles. The molecule has 0 bridgehead atoms. The standard InChI is InChI=1S/C24H36O3/c1-23-12-10-17(25)15-16(23)6-7-18-19-8-9-21(24(19,2)13-11-20(18)23)27-22-5-3-4-14-26-22/h10,12,16,18-22H,3-9,11,13-15H2,1-2H3/t16-,18-,19-,20-,21-,22?,23-,24-/m1/s1. The minimum Gasteiger partial charge on any atom is -0.353 e. The van der Waals surface area contributed by atoms with Crippen molar-refractivity contribution in [3.8, 4) is 0 Å². The van der Waals surface area contributed by atoms with Crippen LogP contribution in [0.1, 0.15) is 78.1 Å². The Morgan fingerprint density at radius 2 is 1.93 bits per heavy atom. The molecule has 1 unspecified atom stereocenters. The molecule has 0 spiro atoms. The molecular weight excluding hydrogens is 336 g/mol. The zero-order chi connectivity index (χ0) is 18.6. The van der Waals surface area contributed by atoms with E-state index in [0.717, 1.165) is 37.2 Å². The Morgan fingerprint density at radius 1 is 1.04 bits per heavy atom. The van der Waals surface area contributed by atoms with Gasteiger partial charge >= 0.3 is 0 Å². The van der Waals surface area contributed by atoms with Crippen molar-refractivity contribution in [2.24, 2.45) is 34.5 Å². The lowest BCUT2D eigenvalue weighted by Crippen LogP contribution is -2.53. The molecule has 4 aliphatic carbocycles. The predicted octanol–water partition coefficient (Wildman–Crippen LogP) is 5.29. The summed E-state index contributed by atoms with van der Waals surface area (Å²) in [6.45, 7) is 5.84. The van der Waals surface area contributed by atoms with Gasteiger partial charge in [0.25, 0.3) is 0 Å². The van der Waals surface area contributed by atoms with Crippen LogP contribution in [-0.2, 0) is 14.3 Å². The largest absolute Gasteiger partial charge is 0.353 e. The number of ketones is 1. The Morgan fingerprint density at radius 3 is 2.74 bits per heavy atom. The molecule has 5 rings (SSSR count). The summed E-state index contributed by atoms with van der Waals surface area (Å²) in [4.78, 5) is 12.0. The third kappa shape index (κ3) is 2.87. The van der Waals surface area contributed by atoms with E-state index in [1.807, 2.05) is 6.08 Å². The molecule has 1 saturated heterocycles. The lowest BCUT2D eigenvalue weighted by atomic mass is 9.46. The van der Waals surface area contributed by atoms with Gasteiger partial charge in [0.15, 0.2) is 12.1 Å². The molecule has 1 heterocycles. The fraction of sp³-hybridized carbons (Fsp3) is 0.875. The highest BCUT2D eigenvalue weighted by molar-refractivity contribution is 5.91. The van der Waals surface area contributed by atoms with E-state index in [1.54, 1.807) is 0 Å². The zero-order valence-electron chi connectivity index (χ0n) is 17.1. The van der Waals surface area contributed by atoms with E-state index in [-0.39, 0.29) is 11.7 Å². The third-order valence-corrected chi connectivity index (χ3v) is 9.41. The Labute approximate surface area is 164 Å². The van der Waals surface area contributed by atoms with Crippen molar-refractivity contribution in [2.45, 2.75) is 90.4 Å². The smallest absolute Gasteiger partial charge is 0.157 e. The van der Waals surface area contributed by atoms with E-state index in [0.29, 0.717) is 23.2 Å². The van der Waals surface area contributed by atoms with Crippen LogP contribution >= 0.6 is 0 Å². The summed E-state index contributed by atoms with van der Waals surface area (Å²) in [6.07, 6.45) is 16.6. The van der Waals surface area contributed by atoms with Gasteiger partial charge in [-0.2, -0.15) is 0 Å². The van der Waals surface area contributed by atoms with Crippen LogP contribution in [-0.4, -0.2) is 24.8 Å². The van der Waals surface area contributed by atoms with Crippen molar-refractivity contribution in [3.63, 3.8) is 0 Å². The van der Waals surface area contributed by atoms with Crippen LogP contribution in [0.25, 0.3) is 0 Å². The van der Waals surface area contributed by atoms with Crippen LogP contribution in [0, 0.1) is 34.5 Å². The summed E-state index contributed by atoms with van der Waals surface area (Å²) in [5, 5.41) is 0. The van der Waals surface area contributed by atoms with Crippen LogP contribution in [0.4, 0.5) is 0 Å². The highest BCUT2D eigenvalue weighted by Crippen LogP contribution is 2.65. The lowest BCUT2D eigenvalue weighted by Gasteiger charge is -2.58. The number of allylic oxidation sites excluding steroid dienone is 2. The van der Waals surface area contributed by atoms with E-state index in [1.165, 1.54) is 51.4 Å². The van der Waals surface area contributed by atoms with Crippen molar-refractivity contribution in [2.75, 3.05) is 6.61 Å². The van der Waals surface area contributed by atoms with E-state index >= 15 is 0 Å². The van der Waals surface area contributed by atoms with Crippen molar-refractivity contribution in [3.05, 3.63) is 12.2 Å². The topological polar surface area (TPSA) is 35.5 Å². The van der Waals surface area contributed by atoms with Crippen molar-refractivity contribution >= 4 is 5.78 Å². The third-order valence-electron chi connectivity index (χ3n) is 9.41. The molecule has 150 valence electrons. The molecule has 3 heteroatoms. The van der Waals surface area contributed by atoms with Crippen molar-refractivity contribution < 1.29 is 14.3 Å². The van der Waals surface area contributed by atoms with Gasteiger partial charge in [-0.25, -0.2) is 0 Å². The van der Waals surface area contributed by atoms with Gasteiger partial charge in [0.2, 0.25) is 0 Å². The highest BCUT2D eigenvalue weighted by Gasteiger charge is 2.60. The van der Waals surface area contributed by atoms with E-state index in [4.69, 9.17) is 9.47 Å². The van der Waals surface area contributed by atoms with Crippen LogP contribution in [0.2, 0.25) is 0 Å². The lowest BCUT2D eigenvalue weighted by molar-refractivity contribution is -0.217. The Bertz CT molecular complexity index is 621. The highest BCUT2D eigenvalue weighted by atomic mass is 16.7. The summed E-state index contributed by atoms with van der Waals surface area (Å²) in [5.41, 5.74) is 0.558.